The van der Waals surface area contributed by atoms with Crippen LogP contribution in [0.1, 0.15) is 23.2 Å². The molecule has 0 bridgehead atoms. The van der Waals surface area contributed by atoms with Crippen molar-refractivity contribution in [3.63, 3.8) is 0 Å². The number of benzene rings is 1. The van der Waals surface area contributed by atoms with Gasteiger partial charge in [0.25, 0.3) is 5.91 Å². The first-order valence-corrected chi connectivity index (χ1v) is 6.55. The molecule has 4 N–H and O–H groups in total. The maximum absolute atomic E-state index is 11.9. The number of hydrogen-bond donors (Lipinski definition) is 3. The molecule has 1 aromatic carbocycles. The van der Waals surface area contributed by atoms with Crippen molar-refractivity contribution in [1.29, 1.82) is 0 Å². The molecular formula is C12H13Cl2N3O2. The van der Waals surface area contributed by atoms with E-state index in [9.17, 15) is 9.59 Å². The first-order valence-electron chi connectivity index (χ1n) is 5.79. The van der Waals surface area contributed by atoms with E-state index in [1.807, 2.05) is 0 Å². The first-order chi connectivity index (χ1) is 8.97. The maximum Gasteiger partial charge on any atom is 0.251 e. The molecule has 1 saturated heterocycles. The highest BCUT2D eigenvalue weighted by Crippen LogP contribution is 2.28. The molecule has 1 aliphatic rings. The lowest BCUT2D eigenvalue weighted by atomic mass is 10.1. The molecule has 1 aliphatic heterocycles. The van der Waals surface area contributed by atoms with E-state index in [1.54, 1.807) is 0 Å². The Morgan fingerprint density at radius 1 is 1.42 bits per heavy atom. The fourth-order valence-electron chi connectivity index (χ4n) is 1.86. The monoisotopic (exact) mass is 301 g/mol. The van der Waals surface area contributed by atoms with E-state index < -0.39 is 0 Å². The highest BCUT2D eigenvalue weighted by molar-refractivity contribution is 6.39. The summed E-state index contributed by atoms with van der Waals surface area (Å²) in [5, 5.41) is 5.98. The van der Waals surface area contributed by atoms with E-state index in [1.165, 1.54) is 12.1 Å². The fraction of sp³-hybridized carbons (Fsp3) is 0.333. The molecule has 0 radical (unpaired) electrons. The Bertz CT molecular complexity index is 511. The van der Waals surface area contributed by atoms with Crippen molar-refractivity contribution in [1.82, 2.24) is 10.6 Å². The summed E-state index contributed by atoms with van der Waals surface area (Å²) < 4.78 is 0. The summed E-state index contributed by atoms with van der Waals surface area (Å²) >= 11 is 11.7. The maximum atomic E-state index is 11.9. The SMILES string of the molecule is Nc1c(Cl)cc(C(=O)NCC2CCC(=O)N2)cc1Cl. The van der Waals surface area contributed by atoms with Crippen molar-refractivity contribution in [3.05, 3.63) is 27.7 Å². The highest BCUT2D eigenvalue weighted by atomic mass is 35.5. The van der Waals surface area contributed by atoms with Crippen molar-refractivity contribution < 1.29 is 9.59 Å². The average molecular weight is 302 g/mol. The average Bonchev–Trinajstić information content (AvgIpc) is 2.78. The Morgan fingerprint density at radius 2 is 2.05 bits per heavy atom. The molecule has 1 aromatic rings. The zero-order chi connectivity index (χ0) is 14.0. The summed E-state index contributed by atoms with van der Waals surface area (Å²) in [6.45, 7) is 0.379. The molecule has 1 heterocycles. The van der Waals surface area contributed by atoms with Gasteiger partial charge in [0.15, 0.2) is 0 Å². The minimum absolute atomic E-state index is 0.0119. The summed E-state index contributed by atoms with van der Waals surface area (Å²) in [4.78, 5) is 22.9. The second-order valence-electron chi connectivity index (χ2n) is 4.37. The molecule has 1 atom stereocenters. The van der Waals surface area contributed by atoms with Crippen LogP contribution in [0.4, 0.5) is 5.69 Å². The largest absolute Gasteiger partial charge is 0.396 e. The zero-order valence-corrected chi connectivity index (χ0v) is 11.5. The molecule has 0 aromatic heterocycles. The minimum atomic E-state index is -0.301. The molecule has 5 nitrogen and oxygen atoms in total. The third-order valence-corrected chi connectivity index (χ3v) is 3.56. The summed E-state index contributed by atoms with van der Waals surface area (Å²) in [5.74, 6) is -0.289. The zero-order valence-electron chi connectivity index (χ0n) is 10.0. The van der Waals surface area contributed by atoms with Crippen molar-refractivity contribution in [2.24, 2.45) is 0 Å². The Labute approximate surface area is 120 Å². The number of rotatable bonds is 3. The number of anilines is 1. The van der Waals surface area contributed by atoms with Gasteiger partial charge in [-0.1, -0.05) is 23.2 Å². The number of halogens is 2. The van der Waals surface area contributed by atoms with Crippen LogP contribution in [-0.4, -0.2) is 24.4 Å². The van der Waals surface area contributed by atoms with Gasteiger partial charge in [-0.25, -0.2) is 0 Å². The molecule has 7 heteroatoms. The Kier molecular flexibility index (Phi) is 4.17. The molecule has 2 amide bonds. The number of carbonyl (C=O) groups excluding carboxylic acids is 2. The van der Waals surface area contributed by atoms with E-state index in [-0.39, 0.29) is 33.6 Å². The van der Waals surface area contributed by atoms with Crippen molar-refractivity contribution in [2.75, 3.05) is 12.3 Å². The lowest BCUT2D eigenvalue weighted by Crippen LogP contribution is -2.38. The van der Waals surface area contributed by atoms with Crippen LogP contribution < -0.4 is 16.4 Å². The molecule has 0 spiro atoms. The number of carbonyl (C=O) groups is 2. The van der Waals surface area contributed by atoms with Gasteiger partial charge in [0.05, 0.1) is 15.7 Å². The van der Waals surface area contributed by atoms with E-state index >= 15 is 0 Å². The van der Waals surface area contributed by atoms with Gasteiger partial charge < -0.3 is 16.4 Å². The highest BCUT2D eigenvalue weighted by Gasteiger charge is 2.21. The van der Waals surface area contributed by atoms with Crippen LogP contribution in [-0.2, 0) is 4.79 Å². The summed E-state index contributed by atoms with van der Waals surface area (Å²) in [6.07, 6.45) is 1.22. The van der Waals surface area contributed by atoms with Gasteiger partial charge >= 0.3 is 0 Å². The van der Waals surface area contributed by atoms with Crippen molar-refractivity contribution in [3.8, 4) is 0 Å². The third-order valence-electron chi connectivity index (χ3n) is 2.94. The molecule has 0 aliphatic carbocycles. The number of amides is 2. The molecule has 2 rings (SSSR count). The number of hydrogen-bond acceptors (Lipinski definition) is 3. The van der Waals surface area contributed by atoms with E-state index in [4.69, 9.17) is 28.9 Å². The van der Waals surface area contributed by atoms with Gasteiger partial charge in [0.1, 0.15) is 0 Å². The molecule has 19 heavy (non-hydrogen) atoms. The third kappa shape index (κ3) is 3.30. The lowest BCUT2D eigenvalue weighted by molar-refractivity contribution is -0.119. The molecule has 0 saturated carbocycles. The Morgan fingerprint density at radius 3 is 2.58 bits per heavy atom. The summed E-state index contributed by atoms with van der Waals surface area (Å²) in [5.41, 5.74) is 6.19. The smallest absolute Gasteiger partial charge is 0.251 e. The molecular weight excluding hydrogens is 289 g/mol. The van der Waals surface area contributed by atoms with Crippen LogP contribution >= 0.6 is 23.2 Å². The molecule has 1 fully saturated rings. The fourth-order valence-corrected chi connectivity index (χ4v) is 2.35. The lowest BCUT2D eigenvalue weighted by Gasteiger charge is -2.12. The molecule has 1 unspecified atom stereocenters. The van der Waals surface area contributed by atoms with Crippen LogP contribution in [0.2, 0.25) is 10.0 Å². The van der Waals surface area contributed by atoms with E-state index in [0.717, 1.165) is 6.42 Å². The van der Waals surface area contributed by atoms with Crippen LogP contribution in [0.3, 0.4) is 0 Å². The summed E-state index contributed by atoms with van der Waals surface area (Å²) in [6, 6.07) is 2.91. The van der Waals surface area contributed by atoms with Gasteiger partial charge in [-0.2, -0.15) is 0 Å². The van der Waals surface area contributed by atoms with Crippen LogP contribution in [0, 0.1) is 0 Å². The predicted octanol–water partition coefficient (Wildman–Crippen LogP) is 1.58. The topological polar surface area (TPSA) is 84.2 Å². The number of nitrogens with one attached hydrogen (secondary N) is 2. The Balaban J connectivity index is 1.98. The second-order valence-corrected chi connectivity index (χ2v) is 5.18. The van der Waals surface area contributed by atoms with Crippen molar-refractivity contribution in [2.45, 2.75) is 18.9 Å². The van der Waals surface area contributed by atoms with Crippen LogP contribution in [0.15, 0.2) is 12.1 Å². The Hall–Kier alpha value is -1.46. The number of nitrogens with two attached hydrogens (primary N) is 1. The normalized spacial score (nSPS) is 18.2. The predicted molar refractivity (Wildman–Crippen MR) is 74.4 cm³/mol. The second kappa shape index (κ2) is 5.67. The standard InChI is InChI=1S/C12H13Cl2N3O2/c13-8-3-6(4-9(14)11(8)15)12(19)16-5-7-1-2-10(18)17-7/h3-4,7H,1-2,5,15H2,(H,16,19)(H,17,18). The van der Waals surface area contributed by atoms with Gasteiger partial charge in [0, 0.05) is 24.6 Å². The molecule has 102 valence electrons. The van der Waals surface area contributed by atoms with Gasteiger partial charge in [-0.3, -0.25) is 9.59 Å². The van der Waals surface area contributed by atoms with Crippen LogP contribution in [0.25, 0.3) is 0 Å². The first kappa shape index (κ1) is 14.0. The van der Waals surface area contributed by atoms with E-state index in [2.05, 4.69) is 10.6 Å². The minimum Gasteiger partial charge on any atom is -0.396 e. The van der Waals surface area contributed by atoms with Gasteiger partial charge in [-0.15, -0.1) is 0 Å². The van der Waals surface area contributed by atoms with Gasteiger partial charge in [0.2, 0.25) is 5.91 Å². The number of nitrogen functional groups attached to an aromatic ring is 1. The summed E-state index contributed by atoms with van der Waals surface area (Å²) in [7, 11) is 0. The van der Waals surface area contributed by atoms with Crippen molar-refractivity contribution >= 4 is 40.7 Å². The quantitative estimate of drug-likeness (QED) is 0.741. The van der Waals surface area contributed by atoms with E-state index in [0.29, 0.717) is 18.5 Å². The van der Waals surface area contributed by atoms with Gasteiger partial charge in [-0.05, 0) is 18.6 Å². The van der Waals surface area contributed by atoms with Crippen LogP contribution in [0.5, 0.6) is 0 Å².